The molecule has 1 aliphatic heterocycles. The molecule has 0 saturated carbocycles. The Kier molecular flexibility index (Phi) is 6.82. The highest BCUT2D eigenvalue weighted by atomic mass is 16.6. The molecule has 1 aliphatic rings. The van der Waals surface area contributed by atoms with Gasteiger partial charge in [-0.15, -0.1) is 0 Å². The summed E-state index contributed by atoms with van der Waals surface area (Å²) in [4.78, 5) is 2.25. The van der Waals surface area contributed by atoms with Gasteiger partial charge in [-0.1, -0.05) is 121 Å². The van der Waals surface area contributed by atoms with Crippen molar-refractivity contribution in [1.82, 2.24) is 0 Å². The zero-order chi connectivity index (χ0) is 30.0. The van der Waals surface area contributed by atoms with Crippen LogP contribution in [0.15, 0.2) is 176 Å². The van der Waals surface area contributed by atoms with Crippen molar-refractivity contribution in [3.63, 3.8) is 0 Å². The van der Waals surface area contributed by atoms with Crippen molar-refractivity contribution >= 4 is 17.1 Å². The lowest BCUT2D eigenvalue weighted by molar-refractivity contribution is 0.360. The second-order valence-corrected chi connectivity index (χ2v) is 11.0. The topological polar surface area (TPSA) is 21.7 Å². The summed E-state index contributed by atoms with van der Waals surface area (Å²) < 4.78 is 12.4. The van der Waals surface area contributed by atoms with Gasteiger partial charge in [-0.3, -0.25) is 0 Å². The van der Waals surface area contributed by atoms with Gasteiger partial charge in [0.15, 0.2) is 23.0 Å². The number of fused-ring (bicyclic) bond motifs is 2. The van der Waals surface area contributed by atoms with E-state index >= 15 is 0 Å². The average Bonchev–Trinajstić information content (AvgIpc) is 3.12. The molecule has 8 rings (SSSR count). The molecule has 3 nitrogen and oxygen atoms in total. The lowest BCUT2D eigenvalue weighted by Gasteiger charge is -2.28. The Morgan fingerprint density at radius 1 is 0.267 bits per heavy atom. The Hall–Kier alpha value is -6.06. The van der Waals surface area contributed by atoms with E-state index in [1.165, 1.54) is 27.8 Å². The number of para-hydroxylation sites is 2. The molecule has 7 aromatic rings. The third-order valence-electron chi connectivity index (χ3n) is 8.16. The maximum absolute atomic E-state index is 6.28. The van der Waals surface area contributed by atoms with Crippen molar-refractivity contribution in [1.29, 1.82) is 0 Å². The summed E-state index contributed by atoms with van der Waals surface area (Å²) >= 11 is 0. The molecule has 0 bridgehead atoms. The second-order valence-electron chi connectivity index (χ2n) is 11.0. The smallest absolute Gasteiger partial charge is 0.172 e. The number of ether oxygens (including phenoxy) is 2. The van der Waals surface area contributed by atoms with E-state index in [0.29, 0.717) is 17.2 Å². The summed E-state index contributed by atoms with van der Waals surface area (Å²) in [6.45, 7) is 0. The molecule has 0 spiro atoms. The van der Waals surface area contributed by atoms with E-state index in [0.717, 1.165) is 28.4 Å². The lowest BCUT2D eigenvalue weighted by atomic mass is 10.00. The van der Waals surface area contributed by atoms with E-state index in [9.17, 15) is 0 Å². The summed E-state index contributed by atoms with van der Waals surface area (Å²) in [5.41, 5.74) is 10.2. The van der Waals surface area contributed by atoms with Crippen molar-refractivity contribution in [3.05, 3.63) is 176 Å². The Balaban J connectivity index is 1.15. The molecule has 214 valence electrons. The van der Waals surface area contributed by atoms with Crippen LogP contribution in [0.1, 0.15) is 0 Å². The Morgan fingerprint density at radius 2 is 0.600 bits per heavy atom. The first-order valence-electron chi connectivity index (χ1n) is 15.1. The Bertz CT molecular complexity index is 2070. The van der Waals surface area contributed by atoms with E-state index in [2.05, 4.69) is 132 Å². The van der Waals surface area contributed by atoms with Crippen molar-refractivity contribution < 1.29 is 9.47 Å². The summed E-state index contributed by atoms with van der Waals surface area (Å²) in [7, 11) is 0. The molecule has 1 heterocycles. The van der Waals surface area contributed by atoms with Crippen molar-refractivity contribution in [2.24, 2.45) is 0 Å². The number of rotatable bonds is 6. The number of hydrogen-bond donors (Lipinski definition) is 0. The molecule has 0 unspecified atom stereocenters. The summed E-state index contributed by atoms with van der Waals surface area (Å²) in [5.74, 6) is 2.82. The fraction of sp³-hybridized carbons (Fsp3) is 0. The third kappa shape index (κ3) is 5.32. The monoisotopic (exact) mass is 579 g/mol. The van der Waals surface area contributed by atoms with E-state index in [1.807, 2.05) is 48.5 Å². The van der Waals surface area contributed by atoms with Gasteiger partial charge in [-0.25, -0.2) is 0 Å². The first-order valence-corrected chi connectivity index (χ1v) is 15.1. The first-order chi connectivity index (χ1) is 22.3. The molecule has 0 amide bonds. The fourth-order valence-electron chi connectivity index (χ4n) is 5.83. The normalized spacial score (nSPS) is 11.5. The van der Waals surface area contributed by atoms with Gasteiger partial charge in [-0.2, -0.15) is 0 Å². The van der Waals surface area contributed by atoms with Crippen LogP contribution in [0.3, 0.4) is 0 Å². The van der Waals surface area contributed by atoms with Gasteiger partial charge in [0.1, 0.15) is 0 Å². The Labute approximate surface area is 263 Å². The van der Waals surface area contributed by atoms with Crippen LogP contribution in [0.25, 0.3) is 33.4 Å². The molecule has 7 aromatic carbocycles. The van der Waals surface area contributed by atoms with E-state index < -0.39 is 0 Å². The predicted molar refractivity (Wildman–Crippen MR) is 184 cm³/mol. The molecular formula is C42H29NO2. The van der Waals surface area contributed by atoms with E-state index in [4.69, 9.17) is 9.47 Å². The van der Waals surface area contributed by atoms with Crippen LogP contribution in [0.5, 0.6) is 23.0 Å². The number of nitrogens with zero attached hydrogens (tertiary/aromatic N) is 1. The predicted octanol–water partition coefficient (Wildman–Crippen LogP) is 12.1. The molecule has 0 radical (unpaired) electrons. The van der Waals surface area contributed by atoms with Crippen molar-refractivity contribution in [3.8, 4) is 56.4 Å². The molecular weight excluding hydrogens is 550 g/mol. The fourth-order valence-corrected chi connectivity index (χ4v) is 5.83. The van der Waals surface area contributed by atoms with Gasteiger partial charge in [-0.05, 0) is 81.9 Å². The maximum atomic E-state index is 6.28. The van der Waals surface area contributed by atoms with Crippen LogP contribution in [0, 0.1) is 0 Å². The lowest BCUT2D eigenvalue weighted by Crippen LogP contribution is -2.10. The molecule has 0 saturated heterocycles. The van der Waals surface area contributed by atoms with Crippen LogP contribution < -0.4 is 14.4 Å². The molecule has 0 fully saturated rings. The van der Waals surface area contributed by atoms with Crippen LogP contribution in [0.2, 0.25) is 0 Å². The van der Waals surface area contributed by atoms with Gasteiger partial charge in [0.25, 0.3) is 0 Å². The van der Waals surface area contributed by atoms with Crippen molar-refractivity contribution in [2.75, 3.05) is 4.90 Å². The standard InChI is InChI=1S/C42H29NO2/c1-3-9-30(10-4-1)32-15-17-33(18-16-32)35-21-25-37(26-22-35)43(36-23-19-34(20-24-36)31-11-5-2-6-12-31)38-27-28-41-42(29-38)45-40-14-8-7-13-39(40)44-41/h1-29H. The minimum absolute atomic E-state index is 0.687. The van der Waals surface area contributed by atoms with E-state index in [1.54, 1.807) is 0 Å². The largest absolute Gasteiger partial charge is 0.450 e. The zero-order valence-corrected chi connectivity index (χ0v) is 24.5. The Morgan fingerprint density at radius 3 is 1.07 bits per heavy atom. The molecule has 0 N–H and O–H groups in total. The highest BCUT2D eigenvalue weighted by Gasteiger charge is 2.21. The van der Waals surface area contributed by atoms with Gasteiger partial charge < -0.3 is 14.4 Å². The molecule has 3 heteroatoms. The summed E-state index contributed by atoms with van der Waals surface area (Å²) in [6, 6.07) is 61.0. The molecule has 45 heavy (non-hydrogen) atoms. The zero-order valence-electron chi connectivity index (χ0n) is 24.5. The molecule has 0 aromatic heterocycles. The third-order valence-corrected chi connectivity index (χ3v) is 8.16. The number of hydrogen-bond acceptors (Lipinski definition) is 3. The van der Waals surface area contributed by atoms with Crippen molar-refractivity contribution in [2.45, 2.75) is 0 Å². The molecule has 0 aliphatic carbocycles. The number of benzene rings is 7. The van der Waals surface area contributed by atoms with Crippen LogP contribution in [0.4, 0.5) is 17.1 Å². The SMILES string of the molecule is c1ccc(-c2ccc(-c3ccc(N(c4ccc(-c5ccccc5)cc4)c4ccc5c(c4)Oc4ccccc4O5)cc3)cc2)cc1. The summed E-state index contributed by atoms with van der Waals surface area (Å²) in [6.07, 6.45) is 0. The molecule has 0 atom stereocenters. The summed E-state index contributed by atoms with van der Waals surface area (Å²) in [5, 5.41) is 0. The van der Waals surface area contributed by atoms with Gasteiger partial charge in [0, 0.05) is 17.4 Å². The number of anilines is 3. The van der Waals surface area contributed by atoms with Gasteiger partial charge in [0.05, 0.1) is 5.69 Å². The van der Waals surface area contributed by atoms with E-state index in [-0.39, 0.29) is 0 Å². The van der Waals surface area contributed by atoms with Crippen LogP contribution in [-0.2, 0) is 0 Å². The maximum Gasteiger partial charge on any atom is 0.172 e. The quantitative estimate of drug-likeness (QED) is 0.196. The van der Waals surface area contributed by atoms with Crippen LogP contribution >= 0.6 is 0 Å². The second kappa shape index (κ2) is 11.6. The van der Waals surface area contributed by atoms with Gasteiger partial charge in [0.2, 0.25) is 0 Å². The minimum Gasteiger partial charge on any atom is -0.450 e. The minimum atomic E-state index is 0.687. The van der Waals surface area contributed by atoms with Crippen LogP contribution in [-0.4, -0.2) is 0 Å². The average molecular weight is 580 g/mol. The highest BCUT2D eigenvalue weighted by Crippen LogP contribution is 2.48. The highest BCUT2D eigenvalue weighted by molar-refractivity contribution is 5.81. The van der Waals surface area contributed by atoms with Gasteiger partial charge >= 0.3 is 0 Å². The first kappa shape index (κ1) is 26.6.